The van der Waals surface area contributed by atoms with Crippen LogP contribution in [0.15, 0.2) is 59.7 Å². The van der Waals surface area contributed by atoms with E-state index in [0.29, 0.717) is 11.5 Å². The molecule has 0 saturated heterocycles. The lowest BCUT2D eigenvalue weighted by atomic mass is 9.80. The molecule has 1 N–H and O–H groups in total. The van der Waals surface area contributed by atoms with Crippen LogP contribution in [-0.2, 0) is 0 Å². The average Bonchev–Trinajstić information content (AvgIpc) is 2.76. The molecule has 1 unspecified atom stereocenters. The van der Waals surface area contributed by atoms with Crippen molar-refractivity contribution < 1.29 is 9.53 Å². The Kier molecular flexibility index (Phi) is 5.44. The van der Waals surface area contributed by atoms with Crippen LogP contribution in [0, 0.1) is 0 Å². The maximum atomic E-state index is 12.6. The maximum Gasteiger partial charge on any atom is 0.271 e. The van der Waals surface area contributed by atoms with E-state index in [1.165, 1.54) is 11.3 Å². The monoisotopic (exact) mass is 415 g/mol. The Labute approximate surface area is 183 Å². The number of hydrazone groups is 1. The van der Waals surface area contributed by atoms with Gasteiger partial charge in [0.25, 0.3) is 5.91 Å². The summed E-state index contributed by atoms with van der Waals surface area (Å²) in [4.78, 5) is 14.9. The first-order chi connectivity index (χ1) is 14.8. The molecule has 5 nitrogen and oxygen atoms in total. The molecular weight excluding hydrogens is 386 g/mol. The van der Waals surface area contributed by atoms with Gasteiger partial charge in [0.05, 0.1) is 13.3 Å². The lowest BCUT2D eigenvalue weighted by Crippen LogP contribution is -2.45. The number of rotatable bonds is 4. The Morgan fingerprint density at radius 1 is 1.16 bits per heavy atom. The maximum absolute atomic E-state index is 12.6. The zero-order valence-electron chi connectivity index (χ0n) is 18.8. The zero-order valence-corrected chi connectivity index (χ0v) is 18.8. The first kappa shape index (κ1) is 20.9. The number of benzene rings is 3. The first-order valence-corrected chi connectivity index (χ1v) is 10.6. The predicted octanol–water partition coefficient (Wildman–Crippen LogP) is 5.33. The van der Waals surface area contributed by atoms with Gasteiger partial charge in [0, 0.05) is 35.5 Å². The summed E-state index contributed by atoms with van der Waals surface area (Å²) >= 11 is 0. The van der Waals surface area contributed by atoms with E-state index in [0.717, 1.165) is 28.5 Å². The summed E-state index contributed by atoms with van der Waals surface area (Å²) in [6.07, 6.45) is 2.72. The van der Waals surface area contributed by atoms with Gasteiger partial charge in [-0.2, -0.15) is 5.10 Å². The molecule has 3 aromatic carbocycles. The van der Waals surface area contributed by atoms with Gasteiger partial charge in [-0.25, -0.2) is 5.43 Å². The van der Waals surface area contributed by atoms with Gasteiger partial charge in [-0.15, -0.1) is 0 Å². The van der Waals surface area contributed by atoms with E-state index in [4.69, 9.17) is 4.74 Å². The Bertz CT molecular complexity index is 1170. The molecule has 0 saturated carbocycles. The summed E-state index contributed by atoms with van der Waals surface area (Å²) in [5, 5.41) is 6.34. The van der Waals surface area contributed by atoms with Gasteiger partial charge in [0.2, 0.25) is 0 Å². The van der Waals surface area contributed by atoms with Crippen LogP contribution >= 0.6 is 0 Å². The van der Waals surface area contributed by atoms with Crippen molar-refractivity contribution in [1.82, 2.24) is 5.43 Å². The van der Waals surface area contributed by atoms with Gasteiger partial charge in [-0.05, 0) is 60.7 Å². The van der Waals surface area contributed by atoms with E-state index in [9.17, 15) is 4.79 Å². The van der Waals surface area contributed by atoms with Crippen molar-refractivity contribution in [2.75, 3.05) is 19.1 Å². The number of hydrogen-bond acceptors (Lipinski definition) is 4. The third kappa shape index (κ3) is 4.00. The molecule has 160 valence electrons. The number of carbonyl (C=O) groups is 1. The summed E-state index contributed by atoms with van der Waals surface area (Å²) in [5.74, 6) is 0.916. The number of fused-ring (bicyclic) bond motifs is 2. The van der Waals surface area contributed by atoms with E-state index >= 15 is 0 Å². The van der Waals surface area contributed by atoms with Crippen LogP contribution in [0.3, 0.4) is 0 Å². The number of anilines is 1. The minimum absolute atomic E-state index is 0.0842. The van der Waals surface area contributed by atoms with E-state index in [2.05, 4.69) is 55.4 Å². The highest BCUT2D eigenvalue weighted by Crippen LogP contribution is 2.44. The smallest absolute Gasteiger partial charge is 0.271 e. The number of carbonyl (C=O) groups excluding carboxylic acids is 1. The van der Waals surface area contributed by atoms with Crippen molar-refractivity contribution in [3.63, 3.8) is 0 Å². The van der Waals surface area contributed by atoms with Gasteiger partial charge in [-0.1, -0.05) is 37.3 Å². The van der Waals surface area contributed by atoms with Crippen LogP contribution in [0.1, 0.15) is 54.6 Å². The SMILES string of the molecule is COc1cc2c(cc1/C=N\NC(=O)c1ccc3ccccc3c1)C(C)CC(C)(C)N2C. The molecule has 0 aromatic heterocycles. The average molecular weight is 416 g/mol. The lowest BCUT2D eigenvalue weighted by molar-refractivity contribution is 0.0955. The summed E-state index contributed by atoms with van der Waals surface area (Å²) < 4.78 is 5.62. The van der Waals surface area contributed by atoms with Crippen LogP contribution in [0.2, 0.25) is 0 Å². The highest BCUT2D eigenvalue weighted by atomic mass is 16.5. The van der Waals surface area contributed by atoms with E-state index in [-0.39, 0.29) is 11.4 Å². The van der Waals surface area contributed by atoms with Crippen molar-refractivity contribution in [2.45, 2.75) is 38.6 Å². The fraction of sp³-hybridized carbons (Fsp3) is 0.308. The third-order valence-corrected chi connectivity index (χ3v) is 6.37. The second kappa shape index (κ2) is 8.06. The number of nitrogens with one attached hydrogen (secondary N) is 1. The Morgan fingerprint density at radius 2 is 1.90 bits per heavy atom. The molecule has 0 aliphatic carbocycles. The predicted molar refractivity (Wildman–Crippen MR) is 128 cm³/mol. The molecule has 0 fully saturated rings. The van der Waals surface area contributed by atoms with Gasteiger partial charge in [0.15, 0.2) is 0 Å². The molecule has 1 aliphatic rings. The summed E-state index contributed by atoms with van der Waals surface area (Å²) in [6, 6.07) is 17.8. The molecular formula is C26H29N3O2. The molecule has 0 radical (unpaired) electrons. The van der Waals surface area contributed by atoms with Crippen molar-refractivity contribution in [1.29, 1.82) is 0 Å². The van der Waals surface area contributed by atoms with Crippen molar-refractivity contribution in [3.05, 3.63) is 71.3 Å². The minimum Gasteiger partial charge on any atom is -0.496 e. The highest BCUT2D eigenvalue weighted by Gasteiger charge is 2.34. The van der Waals surface area contributed by atoms with E-state index < -0.39 is 0 Å². The summed E-state index contributed by atoms with van der Waals surface area (Å²) in [7, 11) is 3.78. The second-order valence-corrected chi connectivity index (χ2v) is 8.89. The molecule has 0 spiro atoms. The molecule has 1 amide bonds. The Hall–Kier alpha value is -3.34. The summed E-state index contributed by atoms with van der Waals surface area (Å²) in [5.41, 5.74) is 6.59. The molecule has 4 rings (SSSR count). The van der Waals surface area contributed by atoms with Crippen LogP contribution in [0.25, 0.3) is 10.8 Å². The Balaban J connectivity index is 1.57. The van der Waals surface area contributed by atoms with Crippen LogP contribution in [0.5, 0.6) is 5.75 Å². The summed E-state index contributed by atoms with van der Waals surface area (Å²) in [6.45, 7) is 6.77. The highest BCUT2D eigenvalue weighted by molar-refractivity contribution is 5.99. The number of hydrogen-bond donors (Lipinski definition) is 1. The number of methoxy groups -OCH3 is 1. The molecule has 1 aliphatic heterocycles. The molecule has 3 aromatic rings. The largest absolute Gasteiger partial charge is 0.496 e. The number of nitrogens with zero attached hydrogens (tertiary/aromatic N) is 2. The molecule has 31 heavy (non-hydrogen) atoms. The van der Waals surface area contributed by atoms with Crippen LogP contribution in [0.4, 0.5) is 5.69 Å². The van der Waals surface area contributed by atoms with Gasteiger partial charge in [0.1, 0.15) is 5.75 Å². The number of amides is 1. The van der Waals surface area contributed by atoms with Crippen molar-refractivity contribution in [3.8, 4) is 5.75 Å². The van der Waals surface area contributed by atoms with Gasteiger partial charge in [-0.3, -0.25) is 4.79 Å². The fourth-order valence-corrected chi connectivity index (χ4v) is 4.44. The van der Waals surface area contributed by atoms with Crippen LogP contribution in [-0.4, -0.2) is 31.8 Å². The number of ether oxygens (including phenoxy) is 1. The van der Waals surface area contributed by atoms with E-state index in [1.807, 2.05) is 42.5 Å². The van der Waals surface area contributed by atoms with Crippen molar-refractivity contribution in [2.24, 2.45) is 5.10 Å². The fourth-order valence-electron chi connectivity index (χ4n) is 4.44. The Morgan fingerprint density at radius 3 is 2.65 bits per heavy atom. The minimum atomic E-state index is -0.242. The molecule has 1 heterocycles. The lowest BCUT2D eigenvalue weighted by Gasteiger charge is -2.45. The standard InChI is InChI=1S/C26H29N3O2/c1-17-15-26(2,3)29(4)23-14-24(31-5)21(13-22(17)23)16-27-28-25(30)20-11-10-18-8-6-7-9-19(18)12-20/h6-14,16-17H,15H2,1-5H3,(H,28,30)/b27-16-. The second-order valence-electron chi connectivity index (χ2n) is 8.89. The third-order valence-electron chi connectivity index (χ3n) is 6.37. The van der Waals surface area contributed by atoms with Gasteiger partial charge < -0.3 is 9.64 Å². The zero-order chi connectivity index (χ0) is 22.2. The quantitative estimate of drug-likeness (QED) is 0.463. The first-order valence-electron chi connectivity index (χ1n) is 10.6. The van der Waals surface area contributed by atoms with Crippen LogP contribution < -0.4 is 15.1 Å². The van der Waals surface area contributed by atoms with Crippen molar-refractivity contribution >= 4 is 28.6 Å². The normalized spacial score (nSPS) is 17.6. The molecule has 5 heteroatoms. The van der Waals surface area contributed by atoms with E-state index in [1.54, 1.807) is 13.3 Å². The molecule has 0 bridgehead atoms. The molecule has 1 atom stereocenters. The topological polar surface area (TPSA) is 53.9 Å². The van der Waals surface area contributed by atoms with Gasteiger partial charge >= 0.3 is 0 Å².